The fraction of sp³-hybridized carbons (Fsp3) is 0. The third kappa shape index (κ3) is 7.61. The number of benzene rings is 9. The lowest BCUT2D eigenvalue weighted by Crippen LogP contribution is -2.03. The molecule has 4 aromatic heterocycles. The van der Waals surface area contributed by atoms with Crippen LogP contribution in [0.4, 0.5) is 0 Å². The highest BCUT2D eigenvalue weighted by Gasteiger charge is 2.19. The van der Waals surface area contributed by atoms with Crippen LogP contribution in [0.2, 0.25) is 0 Å². The van der Waals surface area contributed by atoms with Crippen molar-refractivity contribution < 1.29 is 0 Å². The van der Waals surface area contributed by atoms with Crippen molar-refractivity contribution in [2.75, 3.05) is 0 Å². The highest BCUT2D eigenvalue weighted by atomic mass is 79.9. The summed E-state index contributed by atoms with van der Waals surface area (Å²) in [5.74, 6) is 2.62. The summed E-state index contributed by atoms with van der Waals surface area (Å²) in [5, 5.41) is 5.87. The molecule has 322 valence electrons. The Bertz CT molecular complexity index is 3940. The maximum absolute atomic E-state index is 5.08. The van der Waals surface area contributed by atoms with Gasteiger partial charge in [-0.15, -0.1) is 0 Å². The smallest absolute Gasteiger partial charge is 0.235 e. The van der Waals surface area contributed by atoms with Crippen LogP contribution in [-0.2, 0) is 0 Å². The second-order valence-electron chi connectivity index (χ2n) is 16.4. The number of halogens is 2. The molecule has 13 rings (SSSR count). The van der Waals surface area contributed by atoms with Crippen molar-refractivity contribution in [3.05, 3.63) is 233 Å². The minimum absolute atomic E-state index is 0.640. The van der Waals surface area contributed by atoms with E-state index in [9.17, 15) is 0 Å². The minimum atomic E-state index is 0.640. The van der Waals surface area contributed by atoms with Crippen LogP contribution in [-0.4, -0.2) is 34.1 Å². The fourth-order valence-electron chi connectivity index (χ4n) is 9.08. The third-order valence-electron chi connectivity index (χ3n) is 12.2. The van der Waals surface area contributed by atoms with Crippen molar-refractivity contribution in [1.29, 1.82) is 0 Å². The Hall–Kier alpha value is -8.11. The van der Waals surface area contributed by atoms with Crippen molar-refractivity contribution in [2.24, 2.45) is 0 Å². The highest BCUT2D eigenvalue weighted by Crippen LogP contribution is 2.37. The van der Waals surface area contributed by atoms with E-state index in [4.69, 9.17) is 24.9 Å². The summed E-state index contributed by atoms with van der Waals surface area (Å²) in [6, 6.07) is 76.8. The van der Waals surface area contributed by atoms with Crippen LogP contribution in [0.25, 0.3) is 112 Å². The Morgan fingerprint density at radius 3 is 1.32 bits per heavy atom. The van der Waals surface area contributed by atoms with E-state index in [-0.39, 0.29) is 0 Å². The van der Waals surface area contributed by atoms with Gasteiger partial charge in [0, 0.05) is 63.8 Å². The number of fused-ring (bicyclic) bond motifs is 7. The molecular formula is C59H37Br2N7. The third-order valence-corrected chi connectivity index (χ3v) is 13.2. The van der Waals surface area contributed by atoms with Crippen LogP contribution in [0, 0.1) is 0 Å². The summed E-state index contributed by atoms with van der Waals surface area (Å²) in [6.45, 7) is 0. The van der Waals surface area contributed by atoms with E-state index in [1.807, 2.05) is 91.0 Å². The Kier molecular flexibility index (Phi) is 10.7. The zero-order valence-electron chi connectivity index (χ0n) is 36.2. The molecule has 0 atom stereocenters. The molecule has 0 N–H and O–H groups in total. The van der Waals surface area contributed by atoms with Crippen LogP contribution < -0.4 is 0 Å². The van der Waals surface area contributed by atoms with Crippen molar-refractivity contribution in [3.63, 3.8) is 0 Å². The maximum Gasteiger partial charge on any atom is 0.235 e. The minimum Gasteiger partial charge on any atom is -0.309 e. The number of para-hydroxylation sites is 3. The molecule has 0 aliphatic rings. The molecule has 4 heterocycles. The van der Waals surface area contributed by atoms with Gasteiger partial charge < -0.3 is 4.57 Å². The van der Waals surface area contributed by atoms with Crippen molar-refractivity contribution in [3.8, 4) is 57.1 Å². The van der Waals surface area contributed by atoms with Gasteiger partial charge in [-0.25, -0.2) is 24.9 Å². The fourth-order valence-corrected chi connectivity index (χ4v) is 9.78. The van der Waals surface area contributed by atoms with Gasteiger partial charge in [-0.3, -0.25) is 4.57 Å². The molecule has 9 heteroatoms. The second kappa shape index (κ2) is 17.6. The zero-order chi connectivity index (χ0) is 45.6. The van der Waals surface area contributed by atoms with Crippen LogP contribution in [0.3, 0.4) is 0 Å². The van der Waals surface area contributed by atoms with Gasteiger partial charge in [-0.05, 0) is 54.6 Å². The first-order chi connectivity index (χ1) is 33.5. The van der Waals surface area contributed by atoms with E-state index < -0.39 is 0 Å². The number of rotatable bonds is 6. The first-order valence-corrected chi connectivity index (χ1v) is 23.8. The molecule has 0 aliphatic carbocycles. The van der Waals surface area contributed by atoms with Gasteiger partial charge in [0.15, 0.2) is 17.5 Å². The van der Waals surface area contributed by atoms with Crippen LogP contribution in [0.15, 0.2) is 233 Å². The topological polar surface area (TPSA) is 74.3 Å². The maximum atomic E-state index is 5.08. The lowest BCUT2D eigenvalue weighted by Gasteiger charge is -2.11. The van der Waals surface area contributed by atoms with Gasteiger partial charge in [0.25, 0.3) is 0 Å². The molecule has 68 heavy (non-hydrogen) atoms. The predicted octanol–water partition coefficient (Wildman–Crippen LogP) is 15.9. The molecule has 13 aromatic rings. The monoisotopic (exact) mass is 1000 g/mol. The molecule has 7 nitrogen and oxygen atoms in total. The number of hydrogen-bond acceptors (Lipinski definition) is 5. The lowest BCUT2D eigenvalue weighted by atomic mass is 10.1. The molecule has 0 spiro atoms. The average molecular weight is 1000 g/mol. The SMILES string of the molecule is Brc1ccc2c3ccccc3n(-c3cccc(-c4nc(-c5ccccc5)nc(-c5ccccc5)n4)c3)c2c1.Brc1ccc2c3ccccc3n(-c3nc(-c4ccccc4)c4ccccc4n3)c2c1. The van der Waals surface area contributed by atoms with Gasteiger partial charge in [0.1, 0.15) is 0 Å². The van der Waals surface area contributed by atoms with E-state index in [0.29, 0.717) is 23.4 Å². The first kappa shape index (κ1) is 41.3. The van der Waals surface area contributed by atoms with Gasteiger partial charge in [0.05, 0.1) is 33.3 Å². The molecule has 0 bridgehead atoms. The van der Waals surface area contributed by atoms with Gasteiger partial charge >= 0.3 is 0 Å². The highest BCUT2D eigenvalue weighted by molar-refractivity contribution is 9.10. The van der Waals surface area contributed by atoms with E-state index in [0.717, 1.165) is 75.6 Å². The number of aromatic nitrogens is 7. The van der Waals surface area contributed by atoms with Crippen LogP contribution in [0.5, 0.6) is 0 Å². The Balaban J connectivity index is 0.000000145. The van der Waals surface area contributed by atoms with Crippen molar-refractivity contribution in [1.82, 2.24) is 34.1 Å². The zero-order valence-corrected chi connectivity index (χ0v) is 39.4. The van der Waals surface area contributed by atoms with Crippen LogP contribution in [0.1, 0.15) is 0 Å². The summed E-state index contributed by atoms with van der Waals surface area (Å²) in [6.07, 6.45) is 0. The molecule has 0 saturated carbocycles. The number of nitrogens with zero attached hydrogens (tertiary/aromatic N) is 7. The normalized spacial score (nSPS) is 11.4. The molecule has 0 amide bonds. The summed E-state index contributed by atoms with van der Waals surface area (Å²) in [4.78, 5) is 24.7. The summed E-state index contributed by atoms with van der Waals surface area (Å²) in [5.41, 5.74) is 11.3. The Labute approximate surface area is 408 Å². The molecule has 0 unspecified atom stereocenters. The van der Waals surface area contributed by atoms with E-state index in [1.165, 1.54) is 21.5 Å². The Morgan fingerprint density at radius 1 is 0.294 bits per heavy atom. The number of hydrogen-bond donors (Lipinski definition) is 0. The molecule has 9 aromatic carbocycles. The molecule has 0 radical (unpaired) electrons. The summed E-state index contributed by atoms with van der Waals surface area (Å²) in [7, 11) is 0. The molecule has 0 saturated heterocycles. The molecule has 0 fully saturated rings. The van der Waals surface area contributed by atoms with Gasteiger partial charge in [-0.2, -0.15) is 0 Å². The standard InChI is InChI=1S/C33H21BrN4.C26H16BrN3/c34-25-18-19-28-27-16-7-8-17-29(27)38(30(28)21-25)26-15-9-14-24(20-26)33-36-31(22-10-3-1-4-11-22)35-32(37-33)23-12-5-2-6-13-23;27-18-14-15-20-19-10-5-7-13-23(19)30(24(20)16-18)26-28-22-12-6-4-11-21(22)25(29-26)17-8-2-1-3-9-17/h1-21H;1-16H. The van der Waals surface area contributed by atoms with E-state index >= 15 is 0 Å². The van der Waals surface area contributed by atoms with Crippen LogP contribution >= 0.6 is 31.9 Å². The lowest BCUT2D eigenvalue weighted by molar-refractivity contribution is 1.01. The molecule has 0 aliphatic heterocycles. The first-order valence-electron chi connectivity index (χ1n) is 22.2. The van der Waals surface area contributed by atoms with Crippen molar-refractivity contribution in [2.45, 2.75) is 0 Å². The summed E-state index contributed by atoms with van der Waals surface area (Å²) < 4.78 is 6.54. The quantitative estimate of drug-likeness (QED) is 0.166. The average Bonchev–Trinajstić information content (AvgIpc) is 3.91. The second-order valence-corrected chi connectivity index (χ2v) is 18.2. The summed E-state index contributed by atoms with van der Waals surface area (Å²) >= 11 is 7.30. The van der Waals surface area contributed by atoms with Gasteiger partial charge in [-0.1, -0.05) is 202 Å². The Morgan fingerprint density at radius 2 is 0.735 bits per heavy atom. The van der Waals surface area contributed by atoms with E-state index in [2.05, 4.69) is 174 Å². The van der Waals surface area contributed by atoms with Gasteiger partial charge in [0.2, 0.25) is 5.95 Å². The van der Waals surface area contributed by atoms with E-state index in [1.54, 1.807) is 0 Å². The largest absolute Gasteiger partial charge is 0.309 e. The van der Waals surface area contributed by atoms with Crippen molar-refractivity contribution >= 4 is 86.4 Å². The molecular weight excluding hydrogens is 967 g/mol. The predicted molar refractivity (Wildman–Crippen MR) is 285 cm³/mol.